The van der Waals surface area contributed by atoms with E-state index in [2.05, 4.69) is 15.8 Å². The van der Waals surface area contributed by atoms with E-state index in [1.807, 2.05) is 36.1 Å². The smallest absolute Gasteiger partial charge is 0.258 e. The molecular weight excluding hydrogens is 360 g/mol. The number of aromatic nitrogens is 1. The Morgan fingerprint density at radius 2 is 2.15 bits per heavy atom. The molecule has 27 heavy (non-hydrogen) atoms. The Morgan fingerprint density at radius 3 is 2.96 bits per heavy atom. The number of fused-ring (bicyclic) bond motifs is 1. The highest BCUT2D eigenvalue weighted by atomic mass is 32.1. The van der Waals surface area contributed by atoms with Crippen LogP contribution in [0.4, 0.5) is 16.4 Å². The van der Waals surface area contributed by atoms with Crippen molar-refractivity contribution in [3.8, 4) is 11.9 Å². The minimum absolute atomic E-state index is 0.0660. The van der Waals surface area contributed by atoms with Gasteiger partial charge in [-0.3, -0.25) is 4.79 Å². The lowest BCUT2D eigenvalue weighted by atomic mass is 10.1. The summed E-state index contributed by atoms with van der Waals surface area (Å²) in [5.74, 6) is -0.358. The van der Waals surface area contributed by atoms with E-state index >= 15 is 0 Å². The maximum absolute atomic E-state index is 13.1. The molecule has 1 unspecified atom stereocenters. The van der Waals surface area contributed by atoms with Gasteiger partial charge in [0.15, 0.2) is 5.56 Å². The molecule has 0 spiro atoms. The molecule has 4 rings (SSSR count). The summed E-state index contributed by atoms with van der Waals surface area (Å²) >= 11 is 0.997. The van der Waals surface area contributed by atoms with E-state index in [4.69, 9.17) is 5.26 Å². The lowest BCUT2D eigenvalue weighted by molar-refractivity contribution is 0.0981. The Bertz CT molecular complexity index is 1070. The second-order valence-corrected chi connectivity index (χ2v) is 7.16. The Hall–Kier alpha value is -3.37. The molecule has 2 N–H and O–H groups in total. The van der Waals surface area contributed by atoms with Crippen molar-refractivity contribution in [1.82, 2.24) is 4.37 Å². The quantitative estimate of drug-likeness (QED) is 0.720. The molecule has 1 aliphatic rings. The van der Waals surface area contributed by atoms with Crippen LogP contribution in [-0.4, -0.2) is 21.4 Å². The summed E-state index contributed by atoms with van der Waals surface area (Å²) in [7, 11) is 0. The third-order valence-electron chi connectivity index (χ3n) is 4.58. The zero-order valence-electron chi connectivity index (χ0n) is 14.5. The van der Waals surface area contributed by atoms with Gasteiger partial charge in [0, 0.05) is 23.0 Å². The van der Waals surface area contributed by atoms with Gasteiger partial charge in [0.25, 0.3) is 5.91 Å². The fourth-order valence-corrected chi connectivity index (χ4v) is 4.00. The van der Waals surface area contributed by atoms with Crippen molar-refractivity contribution < 1.29 is 9.90 Å². The molecule has 2 aromatic carbocycles. The van der Waals surface area contributed by atoms with Gasteiger partial charge in [-0.05, 0) is 54.7 Å². The zero-order chi connectivity index (χ0) is 19.0. The number of para-hydroxylation sites is 1. The van der Waals surface area contributed by atoms with Crippen LogP contribution in [0.3, 0.4) is 0 Å². The second-order valence-electron chi connectivity index (χ2n) is 6.38. The van der Waals surface area contributed by atoms with Crippen molar-refractivity contribution >= 4 is 33.8 Å². The van der Waals surface area contributed by atoms with E-state index in [0.717, 1.165) is 23.6 Å². The molecule has 0 bridgehead atoms. The van der Waals surface area contributed by atoms with Gasteiger partial charge >= 0.3 is 0 Å². The molecule has 1 atom stereocenters. The topological polar surface area (TPSA) is 89.2 Å². The SMILES string of the molecule is CC1Cc2ccccc2N1C(=O)c1cccc(Nc2snc(O)c2C#N)c1. The number of amides is 1. The van der Waals surface area contributed by atoms with E-state index in [1.54, 1.807) is 24.3 Å². The standard InChI is InChI=1S/C20H16N4O2S/c1-12-9-13-5-2-3-8-17(13)24(12)20(26)14-6-4-7-15(10-14)22-19-16(11-21)18(25)23-27-19/h2-8,10,12,22H,9H2,1H3,(H,23,25). The van der Waals surface area contributed by atoms with Crippen LogP contribution in [0.2, 0.25) is 0 Å². The van der Waals surface area contributed by atoms with Crippen LogP contribution in [0.15, 0.2) is 48.5 Å². The van der Waals surface area contributed by atoms with Gasteiger partial charge < -0.3 is 15.3 Å². The fraction of sp³-hybridized carbons (Fsp3) is 0.150. The molecule has 3 aromatic rings. The first-order valence-corrected chi connectivity index (χ1v) is 9.23. The highest BCUT2D eigenvalue weighted by molar-refractivity contribution is 7.10. The van der Waals surface area contributed by atoms with Gasteiger partial charge in [-0.15, -0.1) is 0 Å². The number of carbonyl (C=O) groups excluding carboxylic acids is 1. The van der Waals surface area contributed by atoms with Crippen LogP contribution < -0.4 is 10.2 Å². The molecule has 0 saturated heterocycles. The number of rotatable bonds is 3. The third-order valence-corrected chi connectivity index (χ3v) is 5.33. The van der Waals surface area contributed by atoms with Gasteiger partial charge in [-0.2, -0.15) is 9.64 Å². The first kappa shape index (κ1) is 17.1. The summed E-state index contributed by atoms with van der Waals surface area (Å²) in [5.41, 5.74) is 3.43. The summed E-state index contributed by atoms with van der Waals surface area (Å²) in [5, 5.41) is 22.2. The molecule has 0 fully saturated rings. The number of nitriles is 1. The number of hydrogen-bond acceptors (Lipinski definition) is 6. The van der Waals surface area contributed by atoms with Crippen LogP contribution in [0.1, 0.15) is 28.4 Å². The van der Waals surface area contributed by atoms with Gasteiger partial charge in [0.05, 0.1) is 0 Å². The Labute approximate surface area is 160 Å². The summed E-state index contributed by atoms with van der Waals surface area (Å²) in [6.45, 7) is 2.04. The van der Waals surface area contributed by atoms with Gasteiger partial charge in [-0.1, -0.05) is 24.3 Å². The first-order chi connectivity index (χ1) is 13.1. The minimum Gasteiger partial charge on any atom is -0.492 e. The van der Waals surface area contributed by atoms with Crippen molar-refractivity contribution in [3.05, 3.63) is 65.2 Å². The van der Waals surface area contributed by atoms with E-state index in [0.29, 0.717) is 16.3 Å². The van der Waals surface area contributed by atoms with Crippen molar-refractivity contribution in [2.75, 3.05) is 10.2 Å². The average Bonchev–Trinajstić information content (AvgIpc) is 3.19. The van der Waals surface area contributed by atoms with E-state index in [9.17, 15) is 9.90 Å². The lowest BCUT2D eigenvalue weighted by Gasteiger charge is -2.23. The lowest BCUT2D eigenvalue weighted by Crippen LogP contribution is -2.35. The van der Waals surface area contributed by atoms with Crippen molar-refractivity contribution in [3.63, 3.8) is 0 Å². The fourth-order valence-electron chi connectivity index (χ4n) is 3.34. The summed E-state index contributed by atoms with van der Waals surface area (Å²) in [4.78, 5) is 15.0. The number of carbonyl (C=O) groups is 1. The number of anilines is 3. The predicted molar refractivity (Wildman–Crippen MR) is 105 cm³/mol. The molecule has 0 aliphatic carbocycles. The van der Waals surface area contributed by atoms with Crippen molar-refractivity contribution in [2.45, 2.75) is 19.4 Å². The van der Waals surface area contributed by atoms with E-state index in [1.165, 1.54) is 5.56 Å². The average molecular weight is 376 g/mol. The number of benzene rings is 2. The predicted octanol–water partition coefficient (Wildman–Crippen LogP) is 4.06. The van der Waals surface area contributed by atoms with Crippen molar-refractivity contribution in [2.24, 2.45) is 0 Å². The highest BCUT2D eigenvalue weighted by Crippen LogP contribution is 2.34. The van der Waals surface area contributed by atoms with Crippen LogP contribution >= 0.6 is 11.5 Å². The van der Waals surface area contributed by atoms with Crippen molar-refractivity contribution in [1.29, 1.82) is 5.26 Å². The highest BCUT2D eigenvalue weighted by Gasteiger charge is 2.31. The van der Waals surface area contributed by atoms with E-state index < -0.39 is 0 Å². The summed E-state index contributed by atoms with van der Waals surface area (Å²) in [6.07, 6.45) is 0.839. The maximum Gasteiger partial charge on any atom is 0.258 e. The van der Waals surface area contributed by atoms with Gasteiger partial charge in [-0.25, -0.2) is 0 Å². The van der Waals surface area contributed by atoms with E-state index in [-0.39, 0.29) is 23.4 Å². The minimum atomic E-state index is -0.292. The summed E-state index contributed by atoms with van der Waals surface area (Å²) < 4.78 is 3.78. The Morgan fingerprint density at radius 1 is 1.33 bits per heavy atom. The Kier molecular flexibility index (Phi) is 4.26. The molecule has 1 amide bonds. The molecule has 0 saturated carbocycles. The monoisotopic (exact) mass is 376 g/mol. The normalized spacial score (nSPS) is 15.3. The molecule has 1 aliphatic heterocycles. The van der Waals surface area contributed by atoms with Crippen LogP contribution in [0.25, 0.3) is 0 Å². The zero-order valence-corrected chi connectivity index (χ0v) is 15.3. The summed E-state index contributed by atoms with van der Waals surface area (Å²) in [6, 6.07) is 17.1. The Balaban J connectivity index is 1.63. The molecule has 7 heteroatoms. The van der Waals surface area contributed by atoms with Crippen LogP contribution in [0, 0.1) is 11.3 Å². The maximum atomic E-state index is 13.1. The van der Waals surface area contributed by atoms with Gasteiger partial charge in [0.1, 0.15) is 11.1 Å². The largest absolute Gasteiger partial charge is 0.492 e. The molecule has 2 heterocycles. The molecular formula is C20H16N4O2S. The molecule has 0 radical (unpaired) electrons. The molecule has 134 valence electrons. The number of hydrogen-bond donors (Lipinski definition) is 2. The second kappa shape index (κ2) is 6.74. The first-order valence-electron chi connectivity index (χ1n) is 8.45. The molecule has 6 nitrogen and oxygen atoms in total. The number of aromatic hydroxyl groups is 1. The third kappa shape index (κ3) is 3.00. The number of nitrogens with zero attached hydrogens (tertiary/aromatic N) is 3. The molecule has 1 aromatic heterocycles. The number of nitrogens with one attached hydrogen (secondary N) is 1. The van der Waals surface area contributed by atoms with Crippen LogP contribution in [-0.2, 0) is 6.42 Å². The van der Waals surface area contributed by atoms with Crippen LogP contribution in [0.5, 0.6) is 5.88 Å². The van der Waals surface area contributed by atoms with Gasteiger partial charge in [0.2, 0.25) is 5.88 Å².